The van der Waals surface area contributed by atoms with Crippen LogP contribution in [0.15, 0.2) is 41.5 Å². The molecule has 0 aliphatic heterocycles. The number of anilines is 1. The fourth-order valence-corrected chi connectivity index (χ4v) is 2.09. The van der Waals surface area contributed by atoms with Crippen molar-refractivity contribution in [1.29, 1.82) is 0 Å². The minimum absolute atomic E-state index is 0.0644. The lowest BCUT2D eigenvalue weighted by Gasteiger charge is -2.08. The molecule has 4 nitrogen and oxygen atoms in total. The summed E-state index contributed by atoms with van der Waals surface area (Å²) in [7, 11) is 0. The zero-order chi connectivity index (χ0) is 14.4. The molecule has 0 aliphatic rings. The second-order valence-electron chi connectivity index (χ2n) is 4.58. The summed E-state index contributed by atoms with van der Waals surface area (Å²) in [5.41, 5.74) is 1.11. The van der Waals surface area contributed by atoms with Crippen LogP contribution in [0.4, 0.5) is 5.82 Å². The van der Waals surface area contributed by atoms with E-state index in [4.69, 9.17) is 11.6 Å². The molecule has 1 N–H and O–H groups in total. The average Bonchev–Trinajstić information content (AvgIpc) is 2.45. The lowest BCUT2D eigenvalue weighted by Crippen LogP contribution is -2.25. The molecule has 0 amide bonds. The summed E-state index contributed by atoms with van der Waals surface area (Å²) in [4.78, 5) is 16.2. The molecule has 0 fully saturated rings. The lowest BCUT2D eigenvalue weighted by atomic mass is 10.1. The monoisotopic (exact) mass is 291 g/mol. The van der Waals surface area contributed by atoms with E-state index in [0.717, 1.165) is 17.9 Å². The van der Waals surface area contributed by atoms with E-state index >= 15 is 0 Å². The molecule has 2 aromatic rings. The summed E-state index contributed by atoms with van der Waals surface area (Å²) in [6.45, 7) is 3.42. The van der Waals surface area contributed by atoms with Crippen molar-refractivity contribution in [2.24, 2.45) is 0 Å². The van der Waals surface area contributed by atoms with Crippen LogP contribution in [0.1, 0.15) is 18.9 Å². The second kappa shape index (κ2) is 7.10. The van der Waals surface area contributed by atoms with Gasteiger partial charge < -0.3 is 9.88 Å². The molecule has 0 spiro atoms. The molecule has 0 saturated heterocycles. The maximum absolute atomic E-state index is 12.1. The van der Waals surface area contributed by atoms with Crippen molar-refractivity contribution in [2.75, 3.05) is 11.9 Å². The number of benzene rings is 1. The van der Waals surface area contributed by atoms with Gasteiger partial charge in [-0.1, -0.05) is 30.7 Å². The highest BCUT2D eigenvalue weighted by atomic mass is 35.5. The molecule has 0 unspecified atom stereocenters. The minimum atomic E-state index is -0.0644. The summed E-state index contributed by atoms with van der Waals surface area (Å²) in [6.07, 6.45) is 5.12. The van der Waals surface area contributed by atoms with Crippen LogP contribution in [0.2, 0.25) is 5.02 Å². The van der Waals surface area contributed by atoms with Crippen molar-refractivity contribution >= 4 is 17.4 Å². The summed E-state index contributed by atoms with van der Waals surface area (Å²) in [5, 5.41) is 3.83. The van der Waals surface area contributed by atoms with Gasteiger partial charge in [-0.3, -0.25) is 4.79 Å². The maximum atomic E-state index is 12.1. The van der Waals surface area contributed by atoms with Gasteiger partial charge in [0, 0.05) is 30.5 Å². The van der Waals surface area contributed by atoms with Crippen LogP contribution in [0.5, 0.6) is 0 Å². The molecule has 0 bridgehead atoms. The number of aryl methyl sites for hydroxylation is 1. The molecule has 0 aliphatic carbocycles. The summed E-state index contributed by atoms with van der Waals surface area (Å²) < 4.78 is 1.68. The number of halogens is 1. The van der Waals surface area contributed by atoms with Gasteiger partial charge in [0.05, 0.1) is 0 Å². The third-order valence-electron chi connectivity index (χ3n) is 3.00. The van der Waals surface area contributed by atoms with Gasteiger partial charge in [0.2, 0.25) is 0 Å². The highest BCUT2D eigenvalue weighted by Gasteiger charge is 2.03. The highest BCUT2D eigenvalue weighted by Crippen LogP contribution is 2.09. The normalized spacial score (nSPS) is 10.5. The topological polar surface area (TPSA) is 46.9 Å². The Bertz CT molecular complexity index is 607. The predicted molar refractivity (Wildman–Crippen MR) is 82.4 cm³/mol. The minimum Gasteiger partial charge on any atom is -0.365 e. The Morgan fingerprint density at radius 2 is 2.05 bits per heavy atom. The molecule has 1 aromatic heterocycles. The zero-order valence-corrected chi connectivity index (χ0v) is 12.2. The van der Waals surface area contributed by atoms with Crippen molar-refractivity contribution in [3.8, 4) is 0 Å². The third-order valence-corrected chi connectivity index (χ3v) is 3.25. The molecular formula is C15H18ClN3O. The van der Waals surface area contributed by atoms with E-state index < -0.39 is 0 Å². The van der Waals surface area contributed by atoms with E-state index in [1.54, 1.807) is 17.0 Å². The van der Waals surface area contributed by atoms with Gasteiger partial charge in [0.25, 0.3) is 5.56 Å². The van der Waals surface area contributed by atoms with Gasteiger partial charge in [-0.2, -0.15) is 0 Å². The molecule has 2 rings (SSSR count). The number of hydrogen-bond donors (Lipinski definition) is 1. The van der Waals surface area contributed by atoms with Crippen molar-refractivity contribution in [1.82, 2.24) is 9.55 Å². The maximum Gasteiger partial charge on any atom is 0.293 e. The largest absolute Gasteiger partial charge is 0.365 e. The SMILES string of the molecule is CCCn1ccnc(NCCc2ccc(Cl)cc2)c1=O. The van der Waals surface area contributed by atoms with E-state index in [1.807, 2.05) is 31.2 Å². The average molecular weight is 292 g/mol. The van der Waals surface area contributed by atoms with E-state index in [9.17, 15) is 4.79 Å². The van der Waals surface area contributed by atoms with E-state index in [2.05, 4.69) is 10.3 Å². The number of nitrogens with zero attached hydrogens (tertiary/aromatic N) is 2. The quantitative estimate of drug-likeness (QED) is 0.890. The van der Waals surface area contributed by atoms with Crippen molar-refractivity contribution < 1.29 is 0 Å². The molecule has 5 heteroatoms. The van der Waals surface area contributed by atoms with Gasteiger partial charge in [-0.15, -0.1) is 0 Å². The van der Waals surface area contributed by atoms with Gasteiger partial charge >= 0.3 is 0 Å². The summed E-state index contributed by atoms with van der Waals surface area (Å²) in [6, 6.07) is 7.70. The van der Waals surface area contributed by atoms with Gasteiger partial charge in [-0.25, -0.2) is 4.98 Å². The molecule has 0 radical (unpaired) electrons. The van der Waals surface area contributed by atoms with Crippen molar-refractivity contribution in [2.45, 2.75) is 26.3 Å². The third kappa shape index (κ3) is 3.84. The van der Waals surface area contributed by atoms with Gasteiger partial charge in [0.15, 0.2) is 5.82 Å². The first kappa shape index (κ1) is 14.6. The van der Waals surface area contributed by atoms with Gasteiger partial charge in [0.1, 0.15) is 0 Å². The van der Waals surface area contributed by atoms with Crippen LogP contribution in [0.25, 0.3) is 0 Å². The predicted octanol–water partition coefficient (Wildman–Crippen LogP) is 2.96. The lowest BCUT2D eigenvalue weighted by molar-refractivity contribution is 0.649. The first-order chi connectivity index (χ1) is 9.70. The van der Waals surface area contributed by atoms with E-state index in [0.29, 0.717) is 18.9 Å². The Labute approximate surface area is 123 Å². The molecule has 1 aromatic carbocycles. The summed E-state index contributed by atoms with van der Waals surface area (Å²) in [5.74, 6) is 0.412. The van der Waals surface area contributed by atoms with Crippen LogP contribution in [-0.4, -0.2) is 16.1 Å². The Morgan fingerprint density at radius 3 is 2.75 bits per heavy atom. The van der Waals surface area contributed by atoms with Crippen molar-refractivity contribution in [3.63, 3.8) is 0 Å². The Balaban J connectivity index is 1.95. The summed E-state index contributed by atoms with van der Waals surface area (Å²) >= 11 is 5.84. The van der Waals surface area contributed by atoms with Crippen molar-refractivity contribution in [3.05, 3.63) is 57.6 Å². The molecule has 0 saturated carbocycles. The van der Waals surface area contributed by atoms with E-state index in [1.165, 1.54) is 5.56 Å². The Kier molecular flexibility index (Phi) is 5.18. The Morgan fingerprint density at radius 1 is 1.30 bits per heavy atom. The van der Waals surface area contributed by atoms with Gasteiger partial charge in [-0.05, 0) is 30.5 Å². The van der Waals surface area contributed by atoms with Crippen LogP contribution in [0, 0.1) is 0 Å². The Hall–Kier alpha value is -1.81. The molecular weight excluding hydrogens is 274 g/mol. The van der Waals surface area contributed by atoms with Crippen LogP contribution in [-0.2, 0) is 13.0 Å². The standard InChI is InChI=1S/C15H18ClN3O/c1-2-10-19-11-9-18-14(15(19)20)17-8-7-12-3-5-13(16)6-4-12/h3-6,9,11H,2,7-8,10H2,1H3,(H,17,18). The van der Waals surface area contributed by atoms with Crippen LogP contribution >= 0.6 is 11.6 Å². The first-order valence-electron chi connectivity index (χ1n) is 6.74. The molecule has 106 valence electrons. The smallest absolute Gasteiger partial charge is 0.293 e. The number of rotatable bonds is 6. The second-order valence-corrected chi connectivity index (χ2v) is 5.01. The fourth-order valence-electron chi connectivity index (χ4n) is 1.96. The van der Waals surface area contributed by atoms with E-state index in [-0.39, 0.29) is 5.56 Å². The number of hydrogen-bond acceptors (Lipinski definition) is 3. The van der Waals surface area contributed by atoms with Crippen LogP contribution < -0.4 is 10.9 Å². The molecule has 1 heterocycles. The molecule has 20 heavy (non-hydrogen) atoms. The first-order valence-corrected chi connectivity index (χ1v) is 7.12. The zero-order valence-electron chi connectivity index (χ0n) is 11.5. The highest BCUT2D eigenvalue weighted by molar-refractivity contribution is 6.30. The number of aromatic nitrogens is 2. The molecule has 0 atom stereocenters. The number of nitrogens with one attached hydrogen (secondary N) is 1. The fraction of sp³-hybridized carbons (Fsp3) is 0.333. The van der Waals surface area contributed by atoms with Crippen LogP contribution in [0.3, 0.4) is 0 Å².